The van der Waals surface area contributed by atoms with Crippen molar-refractivity contribution in [3.8, 4) is 0 Å². The number of aliphatic hydroxyl groups excluding tert-OH is 2. The fourth-order valence-electron chi connectivity index (χ4n) is 1.59. The van der Waals surface area contributed by atoms with Crippen molar-refractivity contribution in [2.24, 2.45) is 0 Å². The summed E-state index contributed by atoms with van der Waals surface area (Å²) in [6.45, 7) is 3.61. The van der Waals surface area contributed by atoms with Gasteiger partial charge in [0.05, 0.1) is 5.54 Å². The van der Waals surface area contributed by atoms with Crippen LogP contribution in [0.3, 0.4) is 0 Å². The second kappa shape index (κ2) is 3.08. The highest BCUT2D eigenvalue weighted by Gasteiger charge is 2.58. The minimum absolute atomic E-state index is 0.488. The van der Waals surface area contributed by atoms with Crippen molar-refractivity contribution < 1.29 is 20.1 Å². The van der Waals surface area contributed by atoms with Crippen LogP contribution in [0.1, 0.15) is 20.8 Å². The molecule has 0 radical (unpaired) electrons. The zero-order valence-electron chi connectivity index (χ0n) is 8.56. The first-order chi connectivity index (χ1) is 6.30. The van der Waals surface area contributed by atoms with Crippen molar-refractivity contribution in [1.29, 1.82) is 0 Å². The molecule has 1 atom stereocenters. The Balaban J connectivity index is 3.14. The molecule has 3 N–H and O–H groups in total. The maximum atomic E-state index is 11.6. The van der Waals surface area contributed by atoms with Crippen LogP contribution >= 0.6 is 0 Å². The third-order valence-corrected chi connectivity index (χ3v) is 3.10. The van der Waals surface area contributed by atoms with Gasteiger partial charge in [-0.15, -0.1) is 0 Å². The number of amides is 2. The Kier molecular flexibility index (Phi) is 2.47. The lowest BCUT2D eigenvalue weighted by atomic mass is 9.92. The van der Waals surface area contributed by atoms with Gasteiger partial charge >= 0.3 is 6.03 Å². The molecule has 0 aromatic rings. The van der Waals surface area contributed by atoms with Gasteiger partial charge in [-0.25, -0.2) is 4.79 Å². The summed E-state index contributed by atoms with van der Waals surface area (Å²) < 4.78 is 0. The molecule has 0 aromatic heterocycles. The van der Waals surface area contributed by atoms with Gasteiger partial charge in [-0.05, 0) is 20.8 Å². The van der Waals surface area contributed by atoms with Crippen LogP contribution in [0.5, 0.6) is 0 Å². The van der Waals surface area contributed by atoms with Gasteiger partial charge in [-0.1, -0.05) is 0 Å². The Hall–Kier alpha value is -0.850. The standard InChI is InChI=1S/C8H16N2O4/c1-7(2)8(3,14)10(5-12)6(13)9(7)4-11/h11-12,14H,4-5H2,1-3H3. The Morgan fingerprint density at radius 2 is 1.57 bits per heavy atom. The Bertz CT molecular complexity index is 228. The number of aliphatic hydroxyl groups is 3. The van der Waals surface area contributed by atoms with Gasteiger partial charge in [-0.3, -0.25) is 9.80 Å². The van der Waals surface area contributed by atoms with Crippen molar-refractivity contribution in [3.05, 3.63) is 0 Å². The summed E-state index contributed by atoms with van der Waals surface area (Å²) in [6.07, 6.45) is 0. The molecule has 2 amide bonds. The Morgan fingerprint density at radius 3 is 1.79 bits per heavy atom. The lowest BCUT2D eigenvalue weighted by molar-refractivity contribution is -0.129. The zero-order valence-corrected chi connectivity index (χ0v) is 8.56. The molecule has 6 heteroatoms. The predicted octanol–water partition coefficient (Wildman–Crippen LogP) is -0.889. The van der Waals surface area contributed by atoms with E-state index in [0.29, 0.717) is 0 Å². The summed E-state index contributed by atoms with van der Waals surface area (Å²) in [5.74, 6) is 0. The molecule has 0 aromatic carbocycles. The molecule has 82 valence electrons. The monoisotopic (exact) mass is 204 g/mol. The summed E-state index contributed by atoms with van der Waals surface area (Å²) in [5.41, 5.74) is -2.44. The maximum absolute atomic E-state index is 11.6. The molecule has 0 spiro atoms. The van der Waals surface area contributed by atoms with Crippen LogP contribution in [0.4, 0.5) is 4.79 Å². The Labute approximate surface area is 82.4 Å². The third kappa shape index (κ3) is 1.11. The van der Waals surface area contributed by atoms with E-state index in [2.05, 4.69) is 0 Å². The molecular weight excluding hydrogens is 188 g/mol. The van der Waals surface area contributed by atoms with Crippen LogP contribution in [0, 0.1) is 0 Å². The number of hydrogen-bond acceptors (Lipinski definition) is 4. The summed E-state index contributed by atoms with van der Waals surface area (Å²) in [5, 5.41) is 28.0. The number of hydrogen-bond donors (Lipinski definition) is 3. The van der Waals surface area contributed by atoms with Crippen LogP contribution < -0.4 is 0 Å². The summed E-state index contributed by atoms with van der Waals surface area (Å²) in [7, 11) is 0. The number of rotatable bonds is 2. The first-order valence-corrected chi connectivity index (χ1v) is 4.34. The average molecular weight is 204 g/mol. The van der Waals surface area contributed by atoms with E-state index in [9.17, 15) is 9.90 Å². The molecule has 1 rings (SSSR count). The molecule has 6 nitrogen and oxygen atoms in total. The first-order valence-electron chi connectivity index (χ1n) is 4.34. The average Bonchev–Trinajstić information content (AvgIpc) is 2.16. The van der Waals surface area contributed by atoms with E-state index in [4.69, 9.17) is 10.2 Å². The van der Waals surface area contributed by atoms with Gasteiger partial charge in [0.2, 0.25) is 0 Å². The van der Waals surface area contributed by atoms with Gasteiger partial charge in [0.15, 0.2) is 5.72 Å². The Morgan fingerprint density at radius 1 is 1.14 bits per heavy atom. The van der Waals surface area contributed by atoms with Gasteiger partial charge < -0.3 is 15.3 Å². The minimum Gasteiger partial charge on any atom is -0.376 e. The number of nitrogens with zero attached hydrogens (tertiary/aromatic N) is 2. The largest absolute Gasteiger partial charge is 0.376 e. The molecule has 0 saturated carbocycles. The number of carbonyl (C=O) groups is 1. The second-order valence-electron chi connectivity index (χ2n) is 4.00. The molecular formula is C8H16N2O4. The lowest BCUT2D eigenvalue weighted by Crippen LogP contribution is -2.56. The molecule has 0 aliphatic carbocycles. The van der Waals surface area contributed by atoms with Crippen molar-refractivity contribution in [2.75, 3.05) is 13.5 Å². The third-order valence-electron chi connectivity index (χ3n) is 3.10. The van der Waals surface area contributed by atoms with Crippen molar-refractivity contribution in [2.45, 2.75) is 32.0 Å². The van der Waals surface area contributed by atoms with E-state index >= 15 is 0 Å². The summed E-state index contributed by atoms with van der Waals surface area (Å²) in [6, 6.07) is -0.579. The number of carbonyl (C=O) groups excluding carboxylic acids is 1. The van der Waals surface area contributed by atoms with Crippen LogP contribution in [0.2, 0.25) is 0 Å². The smallest absolute Gasteiger partial charge is 0.326 e. The van der Waals surface area contributed by atoms with E-state index < -0.39 is 30.8 Å². The predicted molar refractivity (Wildman–Crippen MR) is 47.9 cm³/mol. The molecule has 1 unspecified atom stereocenters. The maximum Gasteiger partial charge on any atom is 0.326 e. The highest BCUT2D eigenvalue weighted by atomic mass is 16.4. The van der Waals surface area contributed by atoms with Crippen LogP contribution in [0.25, 0.3) is 0 Å². The molecule has 0 bridgehead atoms. The quantitative estimate of drug-likeness (QED) is 0.545. The van der Waals surface area contributed by atoms with E-state index in [1.54, 1.807) is 13.8 Å². The van der Waals surface area contributed by atoms with Crippen molar-refractivity contribution >= 4 is 6.03 Å². The summed E-state index contributed by atoms with van der Waals surface area (Å²) in [4.78, 5) is 13.6. The second-order valence-corrected chi connectivity index (χ2v) is 4.00. The fraction of sp³-hybridized carbons (Fsp3) is 0.875. The van der Waals surface area contributed by atoms with Crippen molar-refractivity contribution in [1.82, 2.24) is 9.80 Å². The van der Waals surface area contributed by atoms with Crippen LogP contribution in [-0.2, 0) is 0 Å². The van der Waals surface area contributed by atoms with E-state index in [0.717, 1.165) is 9.80 Å². The van der Waals surface area contributed by atoms with Gasteiger partial charge in [-0.2, -0.15) is 0 Å². The normalized spacial score (nSPS) is 31.4. The summed E-state index contributed by atoms with van der Waals surface area (Å²) >= 11 is 0. The van der Waals surface area contributed by atoms with Crippen LogP contribution in [0.15, 0.2) is 0 Å². The van der Waals surface area contributed by atoms with Crippen LogP contribution in [-0.4, -0.2) is 55.9 Å². The number of urea groups is 1. The van der Waals surface area contributed by atoms with E-state index in [1.165, 1.54) is 6.92 Å². The molecule has 1 saturated heterocycles. The first kappa shape index (κ1) is 11.2. The highest BCUT2D eigenvalue weighted by molar-refractivity contribution is 5.79. The molecule has 1 fully saturated rings. The SMILES string of the molecule is CC1(C)N(CO)C(=O)N(CO)C1(C)O. The zero-order chi connectivity index (χ0) is 11.1. The lowest BCUT2D eigenvalue weighted by Gasteiger charge is -2.38. The minimum atomic E-state index is -1.50. The molecule has 1 aliphatic heterocycles. The van der Waals surface area contributed by atoms with Gasteiger partial charge in [0, 0.05) is 0 Å². The van der Waals surface area contributed by atoms with Gasteiger partial charge in [0.1, 0.15) is 13.5 Å². The molecule has 14 heavy (non-hydrogen) atoms. The topological polar surface area (TPSA) is 84.2 Å². The van der Waals surface area contributed by atoms with Gasteiger partial charge in [0.25, 0.3) is 0 Å². The molecule has 1 aliphatic rings. The van der Waals surface area contributed by atoms with E-state index in [-0.39, 0.29) is 0 Å². The molecule has 1 heterocycles. The fourth-order valence-corrected chi connectivity index (χ4v) is 1.59. The van der Waals surface area contributed by atoms with E-state index in [1.807, 2.05) is 0 Å². The highest BCUT2D eigenvalue weighted by Crippen LogP contribution is 2.38. The van der Waals surface area contributed by atoms with Crippen molar-refractivity contribution in [3.63, 3.8) is 0 Å².